The number of amides is 1. The molecule has 2 atom stereocenters. The first kappa shape index (κ1) is 9.21. The molecule has 3 heteroatoms. The summed E-state index contributed by atoms with van der Waals surface area (Å²) in [6.45, 7) is 1.76. The third kappa shape index (κ3) is 2.12. The molecule has 1 saturated heterocycles. The van der Waals surface area contributed by atoms with Crippen molar-refractivity contribution in [3.63, 3.8) is 0 Å². The molecule has 14 heavy (non-hydrogen) atoms. The molecule has 0 aliphatic carbocycles. The van der Waals surface area contributed by atoms with Crippen LogP contribution in [0.1, 0.15) is 5.56 Å². The van der Waals surface area contributed by atoms with Gasteiger partial charge in [0.15, 0.2) is 0 Å². The predicted octanol–water partition coefficient (Wildman–Crippen LogP) is 0.399. The maximum absolute atomic E-state index is 10.8. The second kappa shape index (κ2) is 3.80. The number of hydrogen-bond donors (Lipinski definition) is 1. The van der Waals surface area contributed by atoms with Crippen molar-refractivity contribution >= 4 is 5.91 Å². The standard InChI is InChI=1S/C11H14N2O/c12-11(14)10-8-13(10)7-6-9-4-2-1-3-5-9/h1-5,10H,6-8H2,(H2,12,14). The van der Waals surface area contributed by atoms with E-state index in [0.29, 0.717) is 0 Å². The summed E-state index contributed by atoms with van der Waals surface area (Å²) in [5.41, 5.74) is 6.48. The highest BCUT2D eigenvalue weighted by Crippen LogP contribution is 2.16. The van der Waals surface area contributed by atoms with Crippen molar-refractivity contribution in [1.82, 2.24) is 4.90 Å². The molecule has 0 saturated carbocycles. The van der Waals surface area contributed by atoms with Gasteiger partial charge in [0.2, 0.25) is 5.91 Å². The number of hydrogen-bond acceptors (Lipinski definition) is 2. The van der Waals surface area contributed by atoms with Gasteiger partial charge in [0.25, 0.3) is 0 Å². The Hall–Kier alpha value is -1.35. The summed E-state index contributed by atoms with van der Waals surface area (Å²) in [5, 5.41) is 0. The highest BCUT2D eigenvalue weighted by molar-refractivity contribution is 5.82. The average Bonchev–Trinajstić information content (AvgIpc) is 2.96. The van der Waals surface area contributed by atoms with E-state index in [1.807, 2.05) is 18.2 Å². The van der Waals surface area contributed by atoms with E-state index in [1.54, 1.807) is 0 Å². The van der Waals surface area contributed by atoms with Crippen molar-refractivity contribution < 1.29 is 4.79 Å². The summed E-state index contributed by atoms with van der Waals surface area (Å²) in [5.74, 6) is -0.196. The van der Waals surface area contributed by atoms with E-state index in [-0.39, 0.29) is 11.9 Å². The van der Waals surface area contributed by atoms with E-state index < -0.39 is 0 Å². The molecule has 1 aliphatic heterocycles. The Morgan fingerprint density at radius 3 is 2.71 bits per heavy atom. The third-order valence-electron chi connectivity index (χ3n) is 2.57. The summed E-state index contributed by atoms with van der Waals surface area (Å²) in [4.78, 5) is 12.9. The van der Waals surface area contributed by atoms with Gasteiger partial charge in [-0.05, 0) is 12.0 Å². The first-order valence-electron chi connectivity index (χ1n) is 4.84. The molecule has 0 bridgehead atoms. The summed E-state index contributed by atoms with van der Waals surface area (Å²) < 4.78 is 0. The molecule has 2 N–H and O–H groups in total. The van der Waals surface area contributed by atoms with Gasteiger partial charge in [0.1, 0.15) is 6.04 Å². The number of nitrogens with two attached hydrogens (primary N) is 1. The molecule has 1 heterocycles. The van der Waals surface area contributed by atoms with Gasteiger partial charge in [0.05, 0.1) is 0 Å². The summed E-state index contributed by atoms with van der Waals surface area (Å²) in [7, 11) is 0. The first-order valence-corrected chi connectivity index (χ1v) is 4.84. The van der Waals surface area contributed by atoms with Crippen LogP contribution in [0.25, 0.3) is 0 Å². The highest BCUT2D eigenvalue weighted by atomic mass is 16.1. The Balaban J connectivity index is 1.77. The predicted molar refractivity (Wildman–Crippen MR) is 54.7 cm³/mol. The molecule has 3 nitrogen and oxygen atoms in total. The molecule has 74 valence electrons. The summed E-state index contributed by atoms with van der Waals surface area (Å²) >= 11 is 0. The number of primary amides is 1. The van der Waals surface area contributed by atoms with Crippen molar-refractivity contribution in [2.24, 2.45) is 5.73 Å². The Kier molecular flexibility index (Phi) is 2.50. The van der Waals surface area contributed by atoms with E-state index in [9.17, 15) is 4.79 Å². The minimum absolute atomic E-state index is 0.00119. The zero-order valence-corrected chi connectivity index (χ0v) is 8.02. The van der Waals surface area contributed by atoms with Gasteiger partial charge in [-0.2, -0.15) is 0 Å². The molecule has 2 rings (SSSR count). The zero-order chi connectivity index (χ0) is 9.97. The summed E-state index contributed by atoms with van der Waals surface area (Å²) in [6, 6.07) is 10.3. The van der Waals surface area contributed by atoms with Gasteiger partial charge in [-0.15, -0.1) is 0 Å². The number of benzene rings is 1. The molecule has 1 amide bonds. The van der Waals surface area contributed by atoms with Crippen molar-refractivity contribution in [1.29, 1.82) is 0 Å². The van der Waals surface area contributed by atoms with Crippen molar-refractivity contribution in [2.45, 2.75) is 12.5 Å². The molecule has 2 unspecified atom stereocenters. The van der Waals surface area contributed by atoms with E-state index in [2.05, 4.69) is 17.0 Å². The molecule has 0 aromatic heterocycles. The average molecular weight is 190 g/mol. The van der Waals surface area contributed by atoms with Crippen LogP contribution < -0.4 is 5.73 Å². The third-order valence-corrected chi connectivity index (χ3v) is 2.57. The topological polar surface area (TPSA) is 46.1 Å². The maximum atomic E-state index is 10.8. The second-order valence-corrected chi connectivity index (χ2v) is 3.65. The molecule has 0 spiro atoms. The lowest BCUT2D eigenvalue weighted by atomic mass is 10.1. The molecule has 1 aromatic carbocycles. The molecule has 1 fully saturated rings. The van der Waals surface area contributed by atoms with Gasteiger partial charge in [0, 0.05) is 13.1 Å². The van der Waals surface area contributed by atoms with Crippen LogP contribution in [0.3, 0.4) is 0 Å². The SMILES string of the molecule is NC(=O)C1CN1CCc1ccccc1. The number of rotatable bonds is 4. The minimum Gasteiger partial charge on any atom is -0.368 e. The lowest BCUT2D eigenvalue weighted by Crippen LogP contribution is -2.22. The molecular formula is C11H14N2O. The summed E-state index contributed by atoms with van der Waals surface area (Å²) in [6.07, 6.45) is 0.991. The van der Waals surface area contributed by atoms with Gasteiger partial charge in [-0.25, -0.2) is 0 Å². The highest BCUT2D eigenvalue weighted by Gasteiger charge is 2.37. The van der Waals surface area contributed by atoms with Crippen LogP contribution in [0.5, 0.6) is 0 Å². The number of carbonyl (C=O) groups excluding carboxylic acids is 1. The number of carbonyl (C=O) groups is 1. The van der Waals surface area contributed by atoms with Crippen LogP contribution in [0.15, 0.2) is 30.3 Å². The van der Waals surface area contributed by atoms with Crippen LogP contribution in [0, 0.1) is 0 Å². The second-order valence-electron chi connectivity index (χ2n) is 3.65. The Morgan fingerprint density at radius 2 is 2.14 bits per heavy atom. The largest absolute Gasteiger partial charge is 0.368 e. The smallest absolute Gasteiger partial charge is 0.236 e. The van der Waals surface area contributed by atoms with E-state index >= 15 is 0 Å². The Morgan fingerprint density at radius 1 is 1.43 bits per heavy atom. The van der Waals surface area contributed by atoms with Gasteiger partial charge >= 0.3 is 0 Å². The monoisotopic (exact) mass is 190 g/mol. The fraction of sp³-hybridized carbons (Fsp3) is 0.364. The van der Waals surface area contributed by atoms with Crippen LogP contribution in [0.4, 0.5) is 0 Å². The molecule has 1 aromatic rings. The molecular weight excluding hydrogens is 176 g/mol. The van der Waals surface area contributed by atoms with Crippen LogP contribution in [-0.4, -0.2) is 29.9 Å². The van der Waals surface area contributed by atoms with E-state index in [1.165, 1.54) is 5.56 Å². The van der Waals surface area contributed by atoms with Gasteiger partial charge in [-0.1, -0.05) is 30.3 Å². The van der Waals surface area contributed by atoms with Crippen molar-refractivity contribution in [3.8, 4) is 0 Å². The normalized spacial score (nSPS) is 24.6. The molecule has 1 aliphatic rings. The zero-order valence-electron chi connectivity index (χ0n) is 8.02. The van der Waals surface area contributed by atoms with Crippen molar-refractivity contribution in [3.05, 3.63) is 35.9 Å². The Bertz CT molecular complexity index is 323. The Labute approximate surface area is 83.5 Å². The minimum atomic E-state index is -0.196. The maximum Gasteiger partial charge on any atom is 0.236 e. The fourth-order valence-corrected chi connectivity index (χ4v) is 1.61. The first-order chi connectivity index (χ1) is 6.77. The van der Waals surface area contributed by atoms with Gasteiger partial charge in [-0.3, -0.25) is 9.69 Å². The van der Waals surface area contributed by atoms with Gasteiger partial charge < -0.3 is 5.73 Å². The lowest BCUT2D eigenvalue weighted by molar-refractivity contribution is -0.118. The fourth-order valence-electron chi connectivity index (χ4n) is 1.61. The van der Waals surface area contributed by atoms with Crippen LogP contribution >= 0.6 is 0 Å². The lowest BCUT2D eigenvalue weighted by Gasteiger charge is -2.02. The van der Waals surface area contributed by atoms with Crippen LogP contribution in [0.2, 0.25) is 0 Å². The van der Waals surface area contributed by atoms with E-state index in [4.69, 9.17) is 5.73 Å². The van der Waals surface area contributed by atoms with Crippen molar-refractivity contribution in [2.75, 3.05) is 13.1 Å². The quantitative estimate of drug-likeness (QED) is 0.698. The van der Waals surface area contributed by atoms with E-state index in [0.717, 1.165) is 19.5 Å². The van der Waals surface area contributed by atoms with Crippen LogP contribution in [-0.2, 0) is 11.2 Å². The number of nitrogens with zero attached hydrogens (tertiary/aromatic N) is 1. The molecule has 0 radical (unpaired) electrons.